The average molecular weight is 103 g/mol. The normalized spacial score (nSPS) is 15.0. The van der Waals surface area contributed by atoms with Crippen LogP contribution in [0.5, 0.6) is 0 Å². The Bertz CT molecular complexity index is 37.3. The Morgan fingerprint density at radius 3 is 1.71 bits per heavy atom. The van der Waals surface area contributed by atoms with Crippen molar-refractivity contribution >= 4 is 0 Å². The predicted molar refractivity (Wildman–Crippen MR) is 29.9 cm³/mol. The van der Waals surface area contributed by atoms with Crippen molar-refractivity contribution in [2.24, 2.45) is 5.73 Å². The fourth-order valence-corrected chi connectivity index (χ4v) is 0.429. The summed E-state index contributed by atoms with van der Waals surface area (Å²) in [5, 5.41) is 0. The van der Waals surface area contributed by atoms with Crippen molar-refractivity contribution in [3.05, 3.63) is 0 Å². The van der Waals surface area contributed by atoms with Crippen molar-refractivity contribution in [3.8, 4) is 0 Å². The molecule has 44 valence electrons. The van der Waals surface area contributed by atoms with E-state index in [1.165, 1.54) is 0 Å². The zero-order valence-corrected chi connectivity index (χ0v) is 5.14. The van der Waals surface area contributed by atoms with Crippen LogP contribution in [0.4, 0.5) is 0 Å². The highest BCUT2D eigenvalue weighted by Crippen LogP contribution is 1.88. The summed E-state index contributed by atoms with van der Waals surface area (Å²) in [4.78, 5) is 0. The zero-order chi connectivity index (χ0) is 5.86. The summed E-state index contributed by atoms with van der Waals surface area (Å²) in [6.45, 7) is 5.74. The van der Waals surface area contributed by atoms with E-state index in [0.717, 1.165) is 0 Å². The molecular weight excluding hydrogens is 90.1 g/mol. The standard InChI is InChI=1S/C5H13NO/c1-4(2)7-5(3)6/h4-5H,6H2,1-3H3. The van der Waals surface area contributed by atoms with Gasteiger partial charge in [-0.15, -0.1) is 0 Å². The lowest BCUT2D eigenvalue weighted by molar-refractivity contribution is 0.0230. The second-order valence-corrected chi connectivity index (χ2v) is 1.89. The van der Waals surface area contributed by atoms with Crippen LogP contribution in [0.1, 0.15) is 20.8 Å². The minimum atomic E-state index is -0.125. The summed E-state index contributed by atoms with van der Waals surface area (Å²) in [6.07, 6.45) is 0.125. The van der Waals surface area contributed by atoms with E-state index in [1.54, 1.807) is 0 Å². The molecule has 0 spiro atoms. The van der Waals surface area contributed by atoms with Crippen molar-refractivity contribution < 1.29 is 4.74 Å². The lowest BCUT2D eigenvalue weighted by Crippen LogP contribution is -2.22. The van der Waals surface area contributed by atoms with Crippen molar-refractivity contribution in [1.82, 2.24) is 0 Å². The number of hydrogen-bond acceptors (Lipinski definition) is 2. The molecule has 2 nitrogen and oxygen atoms in total. The largest absolute Gasteiger partial charge is 0.361 e. The van der Waals surface area contributed by atoms with Gasteiger partial charge in [0.1, 0.15) is 6.23 Å². The molecule has 0 bridgehead atoms. The Morgan fingerprint density at radius 2 is 1.71 bits per heavy atom. The number of rotatable bonds is 2. The molecule has 0 aromatic heterocycles. The van der Waals surface area contributed by atoms with Gasteiger partial charge in [0.25, 0.3) is 0 Å². The number of ether oxygens (including phenoxy) is 1. The van der Waals surface area contributed by atoms with Gasteiger partial charge < -0.3 is 10.5 Å². The molecule has 0 saturated heterocycles. The molecule has 7 heavy (non-hydrogen) atoms. The molecule has 0 rings (SSSR count). The van der Waals surface area contributed by atoms with Gasteiger partial charge >= 0.3 is 0 Å². The Balaban J connectivity index is 2.95. The third-order valence-corrected chi connectivity index (χ3v) is 0.487. The average Bonchev–Trinajstić information content (AvgIpc) is 1.27. The smallest absolute Gasteiger partial charge is 0.103 e. The van der Waals surface area contributed by atoms with E-state index in [-0.39, 0.29) is 12.3 Å². The lowest BCUT2D eigenvalue weighted by atomic mass is 10.5. The van der Waals surface area contributed by atoms with Crippen LogP contribution in [-0.2, 0) is 4.74 Å². The van der Waals surface area contributed by atoms with Gasteiger partial charge in [0.2, 0.25) is 0 Å². The van der Waals surface area contributed by atoms with Gasteiger partial charge in [-0.3, -0.25) is 0 Å². The summed E-state index contributed by atoms with van der Waals surface area (Å²) in [5.74, 6) is 0. The Labute approximate surface area is 44.7 Å². The van der Waals surface area contributed by atoms with E-state index in [4.69, 9.17) is 10.5 Å². The van der Waals surface area contributed by atoms with E-state index >= 15 is 0 Å². The first-order valence-electron chi connectivity index (χ1n) is 2.54. The monoisotopic (exact) mass is 103 g/mol. The summed E-state index contributed by atoms with van der Waals surface area (Å²) >= 11 is 0. The van der Waals surface area contributed by atoms with Gasteiger partial charge in [-0.2, -0.15) is 0 Å². The maximum absolute atomic E-state index is 5.27. The maximum atomic E-state index is 5.27. The molecule has 0 aliphatic rings. The molecule has 0 fully saturated rings. The molecule has 0 aliphatic carbocycles. The molecule has 0 aliphatic heterocycles. The number of hydrogen-bond donors (Lipinski definition) is 1. The molecule has 0 saturated carbocycles. The Morgan fingerprint density at radius 1 is 1.29 bits per heavy atom. The quantitative estimate of drug-likeness (QED) is 0.522. The maximum Gasteiger partial charge on any atom is 0.103 e. The van der Waals surface area contributed by atoms with Crippen molar-refractivity contribution in [3.63, 3.8) is 0 Å². The van der Waals surface area contributed by atoms with E-state index in [0.29, 0.717) is 0 Å². The van der Waals surface area contributed by atoms with Crippen LogP contribution in [0.15, 0.2) is 0 Å². The van der Waals surface area contributed by atoms with E-state index in [9.17, 15) is 0 Å². The molecular formula is C5H13NO. The van der Waals surface area contributed by atoms with Crippen LogP contribution < -0.4 is 5.73 Å². The Kier molecular flexibility index (Phi) is 2.96. The minimum absolute atomic E-state index is 0.125. The summed E-state index contributed by atoms with van der Waals surface area (Å²) in [7, 11) is 0. The molecule has 2 N–H and O–H groups in total. The van der Waals surface area contributed by atoms with E-state index < -0.39 is 0 Å². The molecule has 0 heterocycles. The van der Waals surface area contributed by atoms with Crippen molar-refractivity contribution in [2.75, 3.05) is 0 Å². The molecule has 0 aromatic rings. The molecule has 1 unspecified atom stereocenters. The minimum Gasteiger partial charge on any atom is -0.361 e. The SMILES string of the molecule is CC(C)OC(C)N. The van der Waals surface area contributed by atoms with Gasteiger partial charge in [0, 0.05) is 0 Å². The Hall–Kier alpha value is -0.0800. The van der Waals surface area contributed by atoms with Crippen LogP contribution in [0.25, 0.3) is 0 Å². The molecule has 1 atom stereocenters. The van der Waals surface area contributed by atoms with Gasteiger partial charge in [-0.05, 0) is 20.8 Å². The van der Waals surface area contributed by atoms with Crippen molar-refractivity contribution in [1.29, 1.82) is 0 Å². The zero-order valence-electron chi connectivity index (χ0n) is 5.14. The van der Waals surface area contributed by atoms with Crippen LogP contribution in [0, 0.1) is 0 Å². The molecule has 0 radical (unpaired) electrons. The van der Waals surface area contributed by atoms with Crippen LogP contribution in [-0.4, -0.2) is 12.3 Å². The first-order valence-corrected chi connectivity index (χ1v) is 2.54. The van der Waals surface area contributed by atoms with Gasteiger partial charge in [0.05, 0.1) is 6.10 Å². The topological polar surface area (TPSA) is 35.2 Å². The molecule has 2 heteroatoms. The first-order chi connectivity index (χ1) is 3.13. The molecule has 0 aromatic carbocycles. The van der Waals surface area contributed by atoms with E-state index in [1.807, 2.05) is 20.8 Å². The second-order valence-electron chi connectivity index (χ2n) is 1.89. The summed E-state index contributed by atoms with van der Waals surface area (Å²) < 4.78 is 5.03. The van der Waals surface area contributed by atoms with Gasteiger partial charge in [-0.1, -0.05) is 0 Å². The van der Waals surface area contributed by atoms with Gasteiger partial charge in [-0.25, -0.2) is 0 Å². The summed E-state index contributed by atoms with van der Waals surface area (Å²) in [5.41, 5.74) is 5.27. The highest BCUT2D eigenvalue weighted by atomic mass is 16.5. The lowest BCUT2D eigenvalue weighted by Gasteiger charge is -2.09. The first kappa shape index (κ1) is 6.92. The highest BCUT2D eigenvalue weighted by molar-refractivity contribution is 4.38. The number of nitrogens with two attached hydrogens (primary N) is 1. The van der Waals surface area contributed by atoms with Gasteiger partial charge in [0.15, 0.2) is 0 Å². The van der Waals surface area contributed by atoms with Crippen molar-refractivity contribution in [2.45, 2.75) is 33.1 Å². The highest BCUT2D eigenvalue weighted by Gasteiger charge is 1.94. The fraction of sp³-hybridized carbons (Fsp3) is 1.00. The summed E-state index contributed by atoms with van der Waals surface area (Å²) in [6, 6.07) is 0. The molecule has 0 amide bonds. The van der Waals surface area contributed by atoms with E-state index in [2.05, 4.69) is 0 Å². The third kappa shape index (κ3) is 5.92. The predicted octanol–water partition coefficient (Wildman–Crippen LogP) is 0.716. The van der Waals surface area contributed by atoms with Crippen LogP contribution >= 0.6 is 0 Å². The van der Waals surface area contributed by atoms with Crippen LogP contribution in [0.3, 0.4) is 0 Å². The second kappa shape index (κ2) is 2.99. The third-order valence-electron chi connectivity index (χ3n) is 0.487. The van der Waals surface area contributed by atoms with Crippen LogP contribution in [0.2, 0.25) is 0 Å². The fourth-order valence-electron chi connectivity index (χ4n) is 0.429.